The van der Waals surface area contributed by atoms with Gasteiger partial charge in [0.1, 0.15) is 5.78 Å². The van der Waals surface area contributed by atoms with Gasteiger partial charge in [-0.05, 0) is 43.0 Å². The van der Waals surface area contributed by atoms with E-state index in [1.807, 2.05) is 11.3 Å². The first-order valence-electron chi connectivity index (χ1n) is 8.55. The maximum absolute atomic E-state index is 12.3. The molecule has 2 aliphatic rings. The first-order chi connectivity index (χ1) is 10.3. The molecule has 2 aliphatic carbocycles. The number of thiophene rings is 1. The summed E-state index contributed by atoms with van der Waals surface area (Å²) in [7, 11) is 0. The van der Waals surface area contributed by atoms with Gasteiger partial charge >= 0.3 is 0 Å². The topological polar surface area (TPSA) is 20.3 Å². The molecule has 1 heterocycles. The van der Waals surface area contributed by atoms with E-state index in [9.17, 15) is 4.79 Å². The highest BCUT2D eigenvalue weighted by Crippen LogP contribution is 2.34. The normalized spacial score (nSPS) is 26.5. The minimum Gasteiger partial charge on any atom is -0.299 e. The lowest BCUT2D eigenvalue weighted by molar-refractivity contribution is -0.126. The molecule has 116 valence electrons. The SMILES string of the molecule is CCCC1CCC(=O)C(CN(Cc2cccs2)C2CC2)C1. The van der Waals surface area contributed by atoms with Crippen LogP contribution in [0.4, 0.5) is 0 Å². The molecule has 2 fully saturated rings. The Labute approximate surface area is 132 Å². The van der Waals surface area contributed by atoms with E-state index >= 15 is 0 Å². The highest BCUT2D eigenvalue weighted by Gasteiger charge is 2.35. The van der Waals surface area contributed by atoms with E-state index in [1.54, 1.807) is 0 Å². The van der Waals surface area contributed by atoms with E-state index < -0.39 is 0 Å². The van der Waals surface area contributed by atoms with Crippen molar-refractivity contribution in [3.05, 3.63) is 22.4 Å². The van der Waals surface area contributed by atoms with Crippen molar-refractivity contribution in [2.45, 2.75) is 64.5 Å². The summed E-state index contributed by atoms with van der Waals surface area (Å²) in [5, 5.41) is 2.16. The molecule has 0 bridgehead atoms. The van der Waals surface area contributed by atoms with Crippen molar-refractivity contribution in [2.24, 2.45) is 11.8 Å². The van der Waals surface area contributed by atoms with E-state index in [0.717, 1.165) is 44.3 Å². The second-order valence-corrected chi connectivity index (χ2v) is 7.86. The van der Waals surface area contributed by atoms with Crippen LogP contribution in [0, 0.1) is 11.8 Å². The Balaban J connectivity index is 1.59. The third kappa shape index (κ3) is 4.17. The molecule has 2 atom stereocenters. The number of carbonyl (C=O) groups is 1. The van der Waals surface area contributed by atoms with Gasteiger partial charge in [-0.3, -0.25) is 9.69 Å². The first kappa shape index (κ1) is 15.2. The lowest BCUT2D eigenvalue weighted by Crippen LogP contribution is -2.37. The zero-order valence-electron chi connectivity index (χ0n) is 13.1. The number of hydrogen-bond donors (Lipinski definition) is 0. The molecule has 2 unspecified atom stereocenters. The van der Waals surface area contributed by atoms with E-state index in [2.05, 4.69) is 29.3 Å². The summed E-state index contributed by atoms with van der Waals surface area (Å²) in [6.45, 7) is 4.31. The summed E-state index contributed by atoms with van der Waals surface area (Å²) in [5.74, 6) is 1.62. The van der Waals surface area contributed by atoms with Crippen molar-refractivity contribution in [1.29, 1.82) is 0 Å². The van der Waals surface area contributed by atoms with Gasteiger partial charge in [-0.1, -0.05) is 25.8 Å². The van der Waals surface area contributed by atoms with Gasteiger partial charge in [0.2, 0.25) is 0 Å². The Bertz CT molecular complexity index is 452. The third-order valence-corrected chi connectivity index (χ3v) is 5.89. The van der Waals surface area contributed by atoms with Crippen LogP contribution in [0.25, 0.3) is 0 Å². The molecule has 0 spiro atoms. The largest absolute Gasteiger partial charge is 0.299 e. The van der Waals surface area contributed by atoms with Crippen molar-refractivity contribution in [3.8, 4) is 0 Å². The monoisotopic (exact) mass is 305 g/mol. The van der Waals surface area contributed by atoms with Crippen molar-refractivity contribution < 1.29 is 4.79 Å². The highest BCUT2D eigenvalue weighted by atomic mass is 32.1. The lowest BCUT2D eigenvalue weighted by atomic mass is 9.78. The van der Waals surface area contributed by atoms with Crippen molar-refractivity contribution >= 4 is 17.1 Å². The number of hydrogen-bond acceptors (Lipinski definition) is 3. The van der Waals surface area contributed by atoms with Crippen LogP contribution >= 0.6 is 11.3 Å². The number of rotatable bonds is 7. The second-order valence-electron chi connectivity index (χ2n) is 6.83. The number of nitrogens with zero attached hydrogens (tertiary/aromatic N) is 1. The maximum Gasteiger partial charge on any atom is 0.137 e. The highest BCUT2D eigenvalue weighted by molar-refractivity contribution is 7.09. The molecule has 3 rings (SSSR count). The average molecular weight is 305 g/mol. The minimum absolute atomic E-state index is 0.302. The van der Waals surface area contributed by atoms with Crippen LogP contribution in [-0.2, 0) is 11.3 Å². The van der Waals surface area contributed by atoms with E-state index in [0.29, 0.717) is 11.7 Å². The third-order valence-electron chi connectivity index (χ3n) is 5.03. The quantitative estimate of drug-likeness (QED) is 0.739. The molecule has 3 heteroatoms. The smallest absolute Gasteiger partial charge is 0.137 e. The minimum atomic E-state index is 0.302. The fourth-order valence-corrected chi connectivity index (χ4v) is 4.45. The standard InChI is InChI=1S/C18H27NOS/c1-2-4-14-6-9-18(20)15(11-14)12-19(16-7-8-16)13-17-5-3-10-21-17/h3,5,10,14-16H,2,4,6-9,11-13H2,1H3. The van der Waals surface area contributed by atoms with Gasteiger partial charge < -0.3 is 0 Å². The molecule has 0 N–H and O–H groups in total. The molecule has 0 aliphatic heterocycles. The van der Waals surface area contributed by atoms with Crippen LogP contribution in [0.15, 0.2) is 17.5 Å². The fourth-order valence-electron chi connectivity index (χ4n) is 3.72. The van der Waals surface area contributed by atoms with Gasteiger partial charge in [-0.25, -0.2) is 0 Å². The van der Waals surface area contributed by atoms with Crippen LogP contribution in [0.2, 0.25) is 0 Å². The van der Waals surface area contributed by atoms with Crippen LogP contribution in [0.3, 0.4) is 0 Å². The predicted molar refractivity (Wildman–Crippen MR) is 88.5 cm³/mol. The Morgan fingerprint density at radius 2 is 2.19 bits per heavy atom. The molecule has 2 nitrogen and oxygen atoms in total. The van der Waals surface area contributed by atoms with Crippen LogP contribution in [0.1, 0.15) is 56.7 Å². The summed E-state index contributed by atoms with van der Waals surface area (Å²) in [5.41, 5.74) is 0. The molecule has 2 saturated carbocycles. The molecule has 21 heavy (non-hydrogen) atoms. The van der Waals surface area contributed by atoms with E-state index in [4.69, 9.17) is 0 Å². The number of ketones is 1. The Hall–Kier alpha value is -0.670. The van der Waals surface area contributed by atoms with Gasteiger partial charge in [-0.15, -0.1) is 11.3 Å². The summed E-state index contributed by atoms with van der Waals surface area (Å²) in [6.07, 6.45) is 8.31. The Kier molecular flexibility index (Phi) is 5.12. The number of carbonyl (C=O) groups excluding carboxylic acids is 1. The van der Waals surface area contributed by atoms with E-state index in [1.165, 1.54) is 30.6 Å². The molecular weight excluding hydrogens is 278 g/mol. The van der Waals surface area contributed by atoms with Crippen LogP contribution in [0.5, 0.6) is 0 Å². The number of Topliss-reactive ketones (excluding diaryl/α,β-unsaturated/α-hetero) is 1. The van der Waals surface area contributed by atoms with E-state index in [-0.39, 0.29) is 0 Å². The molecule has 1 aromatic heterocycles. The molecule has 1 aromatic rings. The molecule has 0 amide bonds. The molecule has 0 saturated heterocycles. The van der Waals surface area contributed by atoms with Crippen molar-refractivity contribution in [1.82, 2.24) is 4.90 Å². The zero-order chi connectivity index (χ0) is 14.7. The van der Waals surface area contributed by atoms with Crippen molar-refractivity contribution in [2.75, 3.05) is 6.54 Å². The molecular formula is C18H27NOS. The van der Waals surface area contributed by atoms with Crippen molar-refractivity contribution in [3.63, 3.8) is 0 Å². The Morgan fingerprint density at radius 1 is 1.33 bits per heavy atom. The van der Waals surface area contributed by atoms with Gasteiger partial charge in [0.05, 0.1) is 0 Å². The lowest BCUT2D eigenvalue weighted by Gasteiger charge is -2.32. The summed E-state index contributed by atoms with van der Waals surface area (Å²) in [4.78, 5) is 16.3. The predicted octanol–water partition coefficient (Wildman–Crippen LogP) is 4.50. The summed E-state index contributed by atoms with van der Waals surface area (Å²) in [6, 6.07) is 5.10. The average Bonchev–Trinajstić information content (AvgIpc) is 3.20. The van der Waals surface area contributed by atoms with Gasteiger partial charge in [0, 0.05) is 36.3 Å². The molecule has 0 aromatic carbocycles. The van der Waals surface area contributed by atoms with Gasteiger partial charge in [0.15, 0.2) is 0 Å². The molecule has 0 radical (unpaired) electrons. The fraction of sp³-hybridized carbons (Fsp3) is 0.722. The first-order valence-corrected chi connectivity index (χ1v) is 9.43. The summed E-state index contributed by atoms with van der Waals surface area (Å²) < 4.78 is 0. The zero-order valence-corrected chi connectivity index (χ0v) is 13.9. The van der Waals surface area contributed by atoms with Gasteiger partial charge in [0.25, 0.3) is 0 Å². The summed E-state index contributed by atoms with van der Waals surface area (Å²) >= 11 is 1.84. The van der Waals surface area contributed by atoms with Crippen LogP contribution in [-0.4, -0.2) is 23.3 Å². The van der Waals surface area contributed by atoms with Gasteiger partial charge in [-0.2, -0.15) is 0 Å². The second kappa shape index (κ2) is 7.06. The maximum atomic E-state index is 12.3. The van der Waals surface area contributed by atoms with Crippen LogP contribution < -0.4 is 0 Å². The Morgan fingerprint density at radius 3 is 2.86 bits per heavy atom.